The van der Waals surface area contributed by atoms with Gasteiger partial charge in [-0.25, -0.2) is 14.6 Å². The maximum absolute atomic E-state index is 11.7. The summed E-state index contributed by atoms with van der Waals surface area (Å²) in [5, 5.41) is 12.2. The van der Waals surface area contributed by atoms with Crippen LogP contribution >= 0.6 is 0 Å². The average molecular weight is 471 g/mol. The average Bonchev–Trinajstić information content (AvgIpc) is 3.24. The highest BCUT2D eigenvalue weighted by Gasteiger charge is 2.24. The highest BCUT2D eigenvalue weighted by Crippen LogP contribution is 2.31. The molecule has 1 saturated carbocycles. The molecule has 0 atom stereocenters. The minimum Gasteiger partial charge on any atom is -0.490 e. The highest BCUT2D eigenvalue weighted by atomic mass is 16.6. The second-order valence-corrected chi connectivity index (χ2v) is 9.48. The van der Waals surface area contributed by atoms with Crippen LogP contribution in [0.5, 0.6) is 5.75 Å². The molecule has 0 aromatic carbocycles. The summed E-state index contributed by atoms with van der Waals surface area (Å²) in [6, 6.07) is 4.06. The zero-order chi connectivity index (χ0) is 24.6. The SMILES string of the molecule is CC(C)(C)OC(=O)NCCC/C(=C\c1cn([C@H]2CC[C@H](Oc3ccncc3)CC2)cn1)C(=O)O. The zero-order valence-corrected chi connectivity index (χ0v) is 20.1. The second-order valence-electron chi connectivity index (χ2n) is 9.48. The fourth-order valence-corrected chi connectivity index (χ4v) is 3.90. The fraction of sp³-hybridized carbons (Fsp3) is 0.520. The molecule has 0 unspecified atom stereocenters. The Kier molecular flexibility index (Phi) is 8.67. The molecule has 0 aliphatic heterocycles. The van der Waals surface area contributed by atoms with Gasteiger partial charge in [-0.2, -0.15) is 0 Å². The largest absolute Gasteiger partial charge is 0.490 e. The van der Waals surface area contributed by atoms with E-state index in [2.05, 4.69) is 19.9 Å². The van der Waals surface area contributed by atoms with Crippen molar-refractivity contribution in [2.24, 2.45) is 0 Å². The third-order valence-corrected chi connectivity index (χ3v) is 5.53. The summed E-state index contributed by atoms with van der Waals surface area (Å²) in [7, 11) is 0. The Morgan fingerprint density at radius 1 is 1.21 bits per heavy atom. The quantitative estimate of drug-likeness (QED) is 0.406. The van der Waals surface area contributed by atoms with Crippen LogP contribution in [0.25, 0.3) is 6.08 Å². The van der Waals surface area contributed by atoms with E-state index >= 15 is 0 Å². The molecular weight excluding hydrogens is 436 g/mol. The Morgan fingerprint density at radius 2 is 1.91 bits per heavy atom. The van der Waals surface area contributed by atoms with Crippen molar-refractivity contribution in [3.05, 3.63) is 48.3 Å². The lowest BCUT2D eigenvalue weighted by atomic mass is 9.93. The van der Waals surface area contributed by atoms with Gasteiger partial charge in [-0.15, -0.1) is 0 Å². The van der Waals surface area contributed by atoms with Crippen LogP contribution in [0.3, 0.4) is 0 Å². The van der Waals surface area contributed by atoms with Crippen LogP contribution in [0.2, 0.25) is 0 Å². The molecular formula is C25H34N4O5. The molecule has 2 aromatic heterocycles. The van der Waals surface area contributed by atoms with E-state index in [1.165, 1.54) is 0 Å². The molecule has 0 saturated heterocycles. The van der Waals surface area contributed by atoms with Gasteiger partial charge in [0.1, 0.15) is 11.4 Å². The normalized spacial score (nSPS) is 18.9. The molecule has 1 aliphatic carbocycles. The van der Waals surface area contributed by atoms with Crippen molar-refractivity contribution in [1.82, 2.24) is 19.9 Å². The Labute approximate surface area is 200 Å². The summed E-state index contributed by atoms with van der Waals surface area (Å²) in [6.45, 7) is 5.70. The lowest BCUT2D eigenvalue weighted by molar-refractivity contribution is -0.132. The molecule has 1 aliphatic rings. The highest BCUT2D eigenvalue weighted by molar-refractivity contribution is 5.91. The number of hydrogen-bond donors (Lipinski definition) is 2. The van der Waals surface area contributed by atoms with E-state index in [4.69, 9.17) is 9.47 Å². The van der Waals surface area contributed by atoms with E-state index in [0.29, 0.717) is 31.1 Å². The van der Waals surface area contributed by atoms with Gasteiger partial charge >= 0.3 is 12.1 Å². The lowest BCUT2D eigenvalue weighted by Gasteiger charge is -2.29. The van der Waals surface area contributed by atoms with Crippen molar-refractivity contribution in [1.29, 1.82) is 0 Å². The monoisotopic (exact) mass is 470 g/mol. The van der Waals surface area contributed by atoms with E-state index in [0.717, 1.165) is 31.4 Å². The van der Waals surface area contributed by atoms with Gasteiger partial charge in [-0.05, 0) is 77.5 Å². The van der Waals surface area contributed by atoms with Crippen molar-refractivity contribution < 1.29 is 24.2 Å². The summed E-state index contributed by atoms with van der Waals surface area (Å²) in [4.78, 5) is 31.8. The zero-order valence-electron chi connectivity index (χ0n) is 20.1. The van der Waals surface area contributed by atoms with E-state index in [-0.39, 0.29) is 11.7 Å². The number of carbonyl (C=O) groups excluding carboxylic acids is 1. The maximum Gasteiger partial charge on any atom is 0.407 e. The van der Waals surface area contributed by atoms with Gasteiger partial charge in [0.05, 0.1) is 18.1 Å². The van der Waals surface area contributed by atoms with E-state index < -0.39 is 17.7 Å². The number of aromatic nitrogens is 3. The number of ether oxygens (including phenoxy) is 2. The molecule has 0 bridgehead atoms. The first kappa shape index (κ1) is 25.3. The predicted molar refractivity (Wildman–Crippen MR) is 127 cm³/mol. The number of amides is 1. The van der Waals surface area contributed by atoms with Crippen LogP contribution in [0.4, 0.5) is 4.79 Å². The number of pyridine rings is 1. The molecule has 0 radical (unpaired) electrons. The molecule has 0 spiro atoms. The third-order valence-electron chi connectivity index (χ3n) is 5.53. The second kappa shape index (κ2) is 11.7. The van der Waals surface area contributed by atoms with Crippen LogP contribution in [0.1, 0.15) is 71.0 Å². The van der Waals surface area contributed by atoms with Crippen molar-refractivity contribution in [3.8, 4) is 5.75 Å². The van der Waals surface area contributed by atoms with Crippen molar-refractivity contribution in [2.45, 2.75) is 77.0 Å². The number of imidazole rings is 1. The Bertz CT molecular complexity index is 973. The maximum atomic E-state index is 11.7. The van der Waals surface area contributed by atoms with Crippen molar-refractivity contribution >= 4 is 18.1 Å². The third kappa shape index (κ3) is 8.20. The summed E-state index contributed by atoms with van der Waals surface area (Å²) in [6.07, 6.45) is 13.0. The number of carboxylic acids is 1. The topological polar surface area (TPSA) is 116 Å². The summed E-state index contributed by atoms with van der Waals surface area (Å²) in [5.41, 5.74) is 0.305. The first-order chi connectivity index (χ1) is 16.2. The van der Waals surface area contributed by atoms with Crippen molar-refractivity contribution in [2.75, 3.05) is 6.54 Å². The Balaban J connectivity index is 1.48. The predicted octanol–water partition coefficient (Wildman–Crippen LogP) is 4.61. The van der Waals surface area contributed by atoms with Gasteiger partial charge in [0.2, 0.25) is 0 Å². The van der Waals surface area contributed by atoms with Crippen LogP contribution in [0.15, 0.2) is 42.6 Å². The molecule has 2 heterocycles. The van der Waals surface area contributed by atoms with Crippen molar-refractivity contribution in [3.63, 3.8) is 0 Å². The van der Waals surface area contributed by atoms with E-state index in [1.54, 1.807) is 45.6 Å². The molecule has 9 heteroatoms. The summed E-state index contributed by atoms with van der Waals surface area (Å²) >= 11 is 0. The molecule has 3 rings (SSSR count). The number of carbonyl (C=O) groups is 2. The number of nitrogens with zero attached hydrogens (tertiary/aromatic N) is 3. The molecule has 1 fully saturated rings. The fourth-order valence-electron chi connectivity index (χ4n) is 3.90. The number of rotatable bonds is 9. The minimum atomic E-state index is -0.986. The minimum absolute atomic E-state index is 0.189. The molecule has 184 valence electrons. The van der Waals surface area contributed by atoms with E-state index in [9.17, 15) is 14.7 Å². The summed E-state index contributed by atoms with van der Waals surface area (Å²) < 4.78 is 13.3. The summed E-state index contributed by atoms with van der Waals surface area (Å²) in [5.74, 6) is -0.142. The van der Waals surface area contributed by atoms with Crippen LogP contribution in [0, 0.1) is 0 Å². The molecule has 34 heavy (non-hydrogen) atoms. The number of carboxylic acid groups (broad SMARTS) is 1. The van der Waals surface area contributed by atoms with Crippen LogP contribution in [-0.2, 0) is 9.53 Å². The van der Waals surface area contributed by atoms with Gasteiger partial charge in [-0.3, -0.25) is 4.98 Å². The van der Waals surface area contributed by atoms with Crippen LogP contribution in [-0.4, -0.2) is 50.0 Å². The molecule has 2 N–H and O–H groups in total. The van der Waals surface area contributed by atoms with E-state index in [1.807, 2.05) is 18.3 Å². The van der Waals surface area contributed by atoms with Gasteiger partial charge < -0.3 is 24.5 Å². The first-order valence-corrected chi connectivity index (χ1v) is 11.7. The molecule has 9 nitrogen and oxygen atoms in total. The number of aliphatic carboxylic acids is 1. The number of hydrogen-bond acceptors (Lipinski definition) is 6. The van der Waals surface area contributed by atoms with Gasteiger partial charge in [0.25, 0.3) is 0 Å². The molecule has 1 amide bonds. The van der Waals surface area contributed by atoms with Gasteiger partial charge in [0, 0.05) is 36.8 Å². The first-order valence-electron chi connectivity index (χ1n) is 11.7. The molecule has 2 aromatic rings. The smallest absolute Gasteiger partial charge is 0.407 e. The lowest BCUT2D eigenvalue weighted by Crippen LogP contribution is -2.33. The standard InChI is InChI=1S/C25H34N4O5/c1-25(2,3)34-24(32)27-12-4-5-18(23(30)31)15-19-16-29(17-28-19)20-6-8-21(9-7-20)33-22-10-13-26-14-11-22/h10-11,13-17,20-21H,4-9,12H2,1-3H3,(H,27,32)(H,30,31)/b18-15+/t20-,21-. The number of nitrogens with one attached hydrogen (secondary N) is 1. The Hall–Kier alpha value is -3.36. The van der Waals surface area contributed by atoms with Gasteiger partial charge in [0.15, 0.2) is 0 Å². The Morgan fingerprint density at radius 3 is 2.56 bits per heavy atom. The van der Waals surface area contributed by atoms with Gasteiger partial charge in [-0.1, -0.05) is 0 Å². The van der Waals surface area contributed by atoms with Crippen LogP contribution < -0.4 is 10.1 Å². The number of alkyl carbamates (subject to hydrolysis) is 1.